The molecule has 0 saturated carbocycles. The van der Waals surface area contributed by atoms with Crippen LogP contribution >= 0.6 is 0 Å². The molecule has 4 atom stereocenters. The summed E-state index contributed by atoms with van der Waals surface area (Å²) < 4.78 is 0. The highest BCUT2D eigenvalue weighted by Gasteiger charge is 2.31. The third-order valence-electron chi connectivity index (χ3n) is 5.39. The number of hydrogen-bond acceptors (Lipinski definition) is 8. The van der Waals surface area contributed by atoms with Crippen molar-refractivity contribution in [3.63, 3.8) is 0 Å². The van der Waals surface area contributed by atoms with Crippen molar-refractivity contribution in [3.8, 4) is 5.75 Å². The molecule has 0 radical (unpaired) electrons. The lowest BCUT2D eigenvalue weighted by Gasteiger charge is -2.25. The van der Waals surface area contributed by atoms with Gasteiger partial charge in [0.15, 0.2) is 0 Å². The van der Waals surface area contributed by atoms with E-state index in [1.54, 1.807) is 26.0 Å². The molecule has 0 saturated heterocycles. The number of aromatic nitrogens is 2. The maximum atomic E-state index is 13.0. The molecule has 0 bridgehead atoms. The molecule has 2 rings (SSSR count). The highest BCUT2D eigenvalue weighted by Crippen LogP contribution is 2.11. The summed E-state index contributed by atoms with van der Waals surface area (Å²) in [5.74, 6) is -3.95. The van der Waals surface area contributed by atoms with Gasteiger partial charge in [-0.15, -0.1) is 0 Å². The van der Waals surface area contributed by atoms with E-state index in [0.29, 0.717) is 11.3 Å². The Morgan fingerprint density at radius 3 is 2.11 bits per heavy atom. The Hall–Kier alpha value is -3.97. The van der Waals surface area contributed by atoms with E-state index in [4.69, 9.17) is 5.73 Å². The number of aliphatic hydroxyl groups excluding tert-OH is 1. The number of aromatic amines is 1. The number of nitrogens with two attached hydrogens (primary N) is 1. The topological polar surface area (TPSA) is 220 Å². The van der Waals surface area contributed by atoms with Crippen molar-refractivity contribution in [2.75, 3.05) is 6.61 Å². The standard InChI is InChI=1S/C23H32N6O7/c1-12(2)19(23(35)36)29-22(34)18(10-30)28-21(33)17(8-14-9-25-11-26-14)27-20(32)16(24)7-13-3-5-15(31)6-4-13/h3-6,9,11-12,16-19,30-31H,7-8,10,24H2,1-2H3,(H,25,26)(H,27,32)(H,28,33)(H,29,34)(H,35,36). The zero-order valence-electron chi connectivity index (χ0n) is 20.0. The van der Waals surface area contributed by atoms with E-state index in [1.807, 2.05) is 0 Å². The Morgan fingerprint density at radius 1 is 0.972 bits per heavy atom. The molecule has 0 aliphatic rings. The van der Waals surface area contributed by atoms with Crippen LogP contribution < -0.4 is 21.7 Å². The fraction of sp³-hybridized carbons (Fsp3) is 0.435. The molecule has 2 aromatic rings. The molecule has 0 aliphatic carbocycles. The minimum absolute atomic E-state index is 0.0208. The average molecular weight is 505 g/mol. The van der Waals surface area contributed by atoms with Crippen molar-refractivity contribution in [2.24, 2.45) is 11.7 Å². The quantitative estimate of drug-likeness (QED) is 0.157. The molecule has 0 spiro atoms. The number of aromatic hydroxyl groups is 1. The van der Waals surface area contributed by atoms with Crippen LogP contribution in [0.1, 0.15) is 25.1 Å². The SMILES string of the molecule is CC(C)C(NC(=O)C(CO)NC(=O)C(Cc1cnc[nH]1)NC(=O)C(N)Cc1ccc(O)cc1)C(=O)O. The van der Waals surface area contributed by atoms with E-state index in [1.165, 1.54) is 24.7 Å². The summed E-state index contributed by atoms with van der Waals surface area (Å²) in [6, 6.07) is 1.27. The number of hydrogen-bond donors (Lipinski definition) is 8. The summed E-state index contributed by atoms with van der Waals surface area (Å²) >= 11 is 0. The van der Waals surface area contributed by atoms with Gasteiger partial charge < -0.3 is 42.0 Å². The second-order valence-electron chi connectivity index (χ2n) is 8.63. The van der Waals surface area contributed by atoms with Crippen molar-refractivity contribution in [1.29, 1.82) is 0 Å². The van der Waals surface area contributed by atoms with Crippen LogP contribution in [0.15, 0.2) is 36.8 Å². The van der Waals surface area contributed by atoms with Gasteiger partial charge in [0.25, 0.3) is 0 Å². The van der Waals surface area contributed by atoms with Gasteiger partial charge in [-0.05, 0) is 30.0 Å². The highest BCUT2D eigenvalue weighted by molar-refractivity contribution is 5.94. The number of benzene rings is 1. The summed E-state index contributed by atoms with van der Waals surface area (Å²) in [4.78, 5) is 56.4. The first-order chi connectivity index (χ1) is 17.0. The molecule has 9 N–H and O–H groups in total. The number of aliphatic carboxylic acids is 1. The van der Waals surface area contributed by atoms with Crippen molar-refractivity contribution < 1.29 is 34.5 Å². The summed E-state index contributed by atoms with van der Waals surface area (Å²) in [5, 5.41) is 35.5. The molecular weight excluding hydrogens is 472 g/mol. The van der Waals surface area contributed by atoms with Crippen LogP contribution in [0.25, 0.3) is 0 Å². The van der Waals surface area contributed by atoms with E-state index in [-0.39, 0.29) is 18.6 Å². The van der Waals surface area contributed by atoms with E-state index >= 15 is 0 Å². The fourth-order valence-electron chi connectivity index (χ4n) is 3.32. The number of carbonyl (C=O) groups is 4. The van der Waals surface area contributed by atoms with Gasteiger partial charge in [0, 0.05) is 18.3 Å². The summed E-state index contributed by atoms with van der Waals surface area (Å²) in [5.41, 5.74) is 7.22. The third-order valence-corrected chi connectivity index (χ3v) is 5.39. The molecular formula is C23H32N6O7. The monoisotopic (exact) mass is 504 g/mol. The maximum absolute atomic E-state index is 13.0. The van der Waals surface area contributed by atoms with Crippen LogP contribution in [0.3, 0.4) is 0 Å². The average Bonchev–Trinajstić information content (AvgIpc) is 3.34. The van der Waals surface area contributed by atoms with Crippen LogP contribution in [0.2, 0.25) is 0 Å². The minimum Gasteiger partial charge on any atom is -0.508 e. The Labute approximate surface area is 207 Å². The zero-order valence-corrected chi connectivity index (χ0v) is 20.0. The molecule has 1 heterocycles. The van der Waals surface area contributed by atoms with Crippen LogP contribution in [-0.4, -0.2) is 79.8 Å². The molecule has 1 aromatic heterocycles. The van der Waals surface area contributed by atoms with Gasteiger partial charge in [0.05, 0.1) is 19.0 Å². The number of rotatable bonds is 13. The first-order valence-electron chi connectivity index (χ1n) is 11.3. The van der Waals surface area contributed by atoms with E-state index < -0.39 is 60.4 Å². The summed E-state index contributed by atoms with van der Waals surface area (Å²) in [7, 11) is 0. The number of imidazole rings is 1. The number of phenolic OH excluding ortho intramolecular Hbond substituents is 1. The normalized spacial score (nSPS) is 14.4. The smallest absolute Gasteiger partial charge is 0.326 e. The summed E-state index contributed by atoms with van der Waals surface area (Å²) in [6.07, 6.45) is 2.97. The zero-order chi connectivity index (χ0) is 26.8. The van der Waals surface area contributed by atoms with Gasteiger partial charge in [-0.3, -0.25) is 14.4 Å². The Bertz CT molecular complexity index is 1030. The second kappa shape index (κ2) is 13.2. The first-order valence-corrected chi connectivity index (χ1v) is 11.3. The number of carboxylic acid groups (broad SMARTS) is 1. The Balaban J connectivity index is 2.11. The number of nitrogens with zero attached hydrogens (tertiary/aromatic N) is 1. The number of phenols is 1. The largest absolute Gasteiger partial charge is 0.508 e. The van der Waals surface area contributed by atoms with Crippen molar-refractivity contribution in [1.82, 2.24) is 25.9 Å². The van der Waals surface area contributed by atoms with E-state index in [9.17, 15) is 34.5 Å². The lowest BCUT2D eigenvalue weighted by Crippen LogP contribution is -2.59. The second-order valence-corrected chi connectivity index (χ2v) is 8.63. The molecule has 196 valence electrons. The predicted molar refractivity (Wildman–Crippen MR) is 127 cm³/mol. The molecule has 1 aromatic carbocycles. The lowest BCUT2D eigenvalue weighted by molar-refractivity contribution is -0.143. The van der Waals surface area contributed by atoms with Crippen molar-refractivity contribution in [2.45, 2.75) is 50.9 Å². The Kier molecular flexibility index (Phi) is 10.4. The molecule has 3 amide bonds. The van der Waals surface area contributed by atoms with Gasteiger partial charge in [-0.2, -0.15) is 0 Å². The Morgan fingerprint density at radius 2 is 1.58 bits per heavy atom. The van der Waals surface area contributed by atoms with Crippen LogP contribution in [0.4, 0.5) is 0 Å². The molecule has 36 heavy (non-hydrogen) atoms. The van der Waals surface area contributed by atoms with Crippen LogP contribution in [-0.2, 0) is 32.0 Å². The number of aliphatic hydroxyl groups is 1. The van der Waals surface area contributed by atoms with E-state index in [2.05, 4.69) is 25.9 Å². The van der Waals surface area contributed by atoms with Gasteiger partial charge >= 0.3 is 5.97 Å². The van der Waals surface area contributed by atoms with E-state index in [0.717, 1.165) is 0 Å². The van der Waals surface area contributed by atoms with Gasteiger partial charge in [0.2, 0.25) is 17.7 Å². The van der Waals surface area contributed by atoms with Crippen LogP contribution in [0.5, 0.6) is 5.75 Å². The maximum Gasteiger partial charge on any atom is 0.326 e. The summed E-state index contributed by atoms with van der Waals surface area (Å²) in [6.45, 7) is 2.40. The van der Waals surface area contributed by atoms with Crippen molar-refractivity contribution in [3.05, 3.63) is 48.0 Å². The minimum atomic E-state index is -1.45. The predicted octanol–water partition coefficient (Wildman–Crippen LogP) is -1.58. The van der Waals surface area contributed by atoms with Gasteiger partial charge in [-0.1, -0.05) is 26.0 Å². The fourth-order valence-corrected chi connectivity index (χ4v) is 3.32. The molecule has 0 fully saturated rings. The molecule has 13 nitrogen and oxygen atoms in total. The third kappa shape index (κ3) is 8.36. The molecule has 4 unspecified atom stereocenters. The number of carbonyl (C=O) groups excluding carboxylic acids is 3. The molecule has 13 heteroatoms. The number of nitrogens with one attached hydrogen (secondary N) is 4. The van der Waals surface area contributed by atoms with Gasteiger partial charge in [0.1, 0.15) is 23.9 Å². The number of amides is 3. The van der Waals surface area contributed by atoms with Crippen LogP contribution in [0, 0.1) is 5.92 Å². The molecule has 0 aliphatic heterocycles. The first kappa shape index (κ1) is 28.3. The number of H-pyrrole nitrogens is 1. The number of carboxylic acids is 1. The van der Waals surface area contributed by atoms with Gasteiger partial charge in [-0.25, -0.2) is 9.78 Å². The van der Waals surface area contributed by atoms with Crippen molar-refractivity contribution >= 4 is 23.7 Å². The highest BCUT2D eigenvalue weighted by atomic mass is 16.4. The lowest BCUT2D eigenvalue weighted by atomic mass is 10.0.